The highest BCUT2D eigenvalue weighted by molar-refractivity contribution is 7.98. The van der Waals surface area contributed by atoms with Gasteiger partial charge in [0.15, 0.2) is 0 Å². The monoisotopic (exact) mass is 250 g/mol. The van der Waals surface area contributed by atoms with Gasteiger partial charge in [0.25, 0.3) is 0 Å². The molecule has 0 aliphatic rings. The number of thioether (sulfide) groups is 1. The van der Waals surface area contributed by atoms with Gasteiger partial charge in [0.05, 0.1) is 5.56 Å². The minimum absolute atomic E-state index is 0.383. The van der Waals surface area contributed by atoms with Crippen LogP contribution in [0.1, 0.15) is 15.2 Å². The largest absolute Gasteiger partial charge is 0.478 e. The molecule has 0 spiro atoms. The van der Waals surface area contributed by atoms with Crippen LogP contribution < -0.4 is 0 Å². The predicted octanol–water partition coefficient (Wildman–Crippen LogP) is 3.74. The molecule has 2 rings (SSSR count). The summed E-state index contributed by atoms with van der Waals surface area (Å²) >= 11 is 3.21. The Morgan fingerprint density at radius 1 is 1.31 bits per heavy atom. The van der Waals surface area contributed by atoms with Crippen molar-refractivity contribution in [1.82, 2.24) is 0 Å². The summed E-state index contributed by atoms with van der Waals surface area (Å²) in [6.45, 7) is 0. The predicted molar refractivity (Wildman–Crippen MR) is 67.3 cm³/mol. The Balaban J connectivity index is 1.97. The first-order valence-electron chi connectivity index (χ1n) is 4.74. The minimum atomic E-state index is -0.854. The molecule has 1 N–H and O–H groups in total. The molecule has 0 amide bonds. The summed E-state index contributed by atoms with van der Waals surface area (Å²) < 4.78 is 0. The maximum atomic E-state index is 10.7. The van der Waals surface area contributed by atoms with Crippen molar-refractivity contribution >= 4 is 29.1 Å². The summed E-state index contributed by atoms with van der Waals surface area (Å²) in [4.78, 5) is 13.0. The maximum absolute atomic E-state index is 10.7. The van der Waals surface area contributed by atoms with E-state index < -0.39 is 5.97 Å². The summed E-state index contributed by atoms with van der Waals surface area (Å²) in [5, 5.41) is 10.5. The van der Waals surface area contributed by atoms with Gasteiger partial charge in [-0.15, -0.1) is 23.1 Å². The molecule has 2 nitrogen and oxygen atoms in total. The lowest BCUT2D eigenvalue weighted by Gasteiger charge is -1.98. The highest BCUT2D eigenvalue weighted by Gasteiger charge is 2.06. The quantitative estimate of drug-likeness (QED) is 0.840. The number of carboxylic acid groups (broad SMARTS) is 1. The zero-order valence-electron chi connectivity index (χ0n) is 8.42. The van der Waals surface area contributed by atoms with Crippen LogP contribution in [0.5, 0.6) is 0 Å². The van der Waals surface area contributed by atoms with Crippen molar-refractivity contribution < 1.29 is 9.90 Å². The second-order valence-electron chi connectivity index (χ2n) is 3.21. The van der Waals surface area contributed by atoms with Gasteiger partial charge >= 0.3 is 5.97 Å². The summed E-state index contributed by atoms with van der Waals surface area (Å²) in [5.41, 5.74) is 0.383. The van der Waals surface area contributed by atoms with Crippen molar-refractivity contribution in [3.8, 4) is 0 Å². The number of carboxylic acids is 1. The van der Waals surface area contributed by atoms with Crippen LogP contribution in [0, 0.1) is 0 Å². The Morgan fingerprint density at radius 2 is 2.06 bits per heavy atom. The molecule has 0 fully saturated rings. The second-order valence-corrected chi connectivity index (χ2v) is 5.25. The fourth-order valence-corrected chi connectivity index (χ4v) is 3.07. The van der Waals surface area contributed by atoms with Crippen LogP contribution >= 0.6 is 23.1 Å². The average Bonchev–Trinajstić information content (AvgIpc) is 2.76. The molecule has 0 aliphatic heterocycles. The van der Waals surface area contributed by atoms with Gasteiger partial charge < -0.3 is 5.11 Å². The van der Waals surface area contributed by atoms with E-state index in [-0.39, 0.29) is 0 Å². The average molecular weight is 250 g/mol. The van der Waals surface area contributed by atoms with E-state index in [2.05, 4.69) is 12.1 Å². The molecule has 16 heavy (non-hydrogen) atoms. The highest BCUT2D eigenvalue weighted by atomic mass is 32.2. The van der Waals surface area contributed by atoms with Crippen LogP contribution in [0.4, 0.5) is 0 Å². The molecule has 2 aromatic rings. The molecular formula is C12H10O2S2. The van der Waals surface area contributed by atoms with E-state index >= 15 is 0 Å². The summed E-state index contributed by atoms with van der Waals surface area (Å²) in [6, 6.07) is 11.8. The maximum Gasteiger partial charge on any atom is 0.336 e. The van der Waals surface area contributed by atoms with Gasteiger partial charge in [-0.05, 0) is 18.2 Å². The van der Waals surface area contributed by atoms with Crippen LogP contribution in [0.25, 0.3) is 0 Å². The van der Waals surface area contributed by atoms with Gasteiger partial charge in [0.1, 0.15) is 0 Å². The molecule has 0 atom stereocenters. The molecule has 0 saturated carbocycles. The van der Waals surface area contributed by atoms with E-state index in [0.717, 1.165) is 10.6 Å². The molecule has 0 unspecified atom stereocenters. The Morgan fingerprint density at radius 3 is 2.69 bits per heavy atom. The third-order valence-corrected chi connectivity index (χ3v) is 4.21. The molecule has 0 aliphatic carbocycles. The molecule has 82 valence electrons. The van der Waals surface area contributed by atoms with E-state index in [1.807, 2.05) is 18.2 Å². The lowest BCUT2D eigenvalue weighted by atomic mass is 10.3. The van der Waals surface area contributed by atoms with Gasteiger partial charge in [-0.3, -0.25) is 0 Å². The van der Waals surface area contributed by atoms with Gasteiger partial charge in [0.2, 0.25) is 0 Å². The number of hydrogen-bond donors (Lipinski definition) is 1. The van der Waals surface area contributed by atoms with Gasteiger partial charge in [-0.25, -0.2) is 4.79 Å². The van der Waals surface area contributed by atoms with E-state index in [0.29, 0.717) is 5.56 Å². The number of carbonyl (C=O) groups is 1. The fraction of sp³-hybridized carbons (Fsp3) is 0.0833. The Kier molecular flexibility index (Phi) is 3.64. The summed E-state index contributed by atoms with van der Waals surface area (Å²) in [5.74, 6) is -0.0330. The van der Waals surface area contributed by atoms with Crippen LogP contribution in [0.15, 0.2) is 46.7 Å². The smallest absolute Gasteiger partial charge is 0.336 e. The summed E-state index contributed by atoms with van der Waals surface area (Å²) in [6.07, 6.45) is 0. The first-order valence-corrected chi connectivity index (χ1v) is 6.61. The Bertz CT molecular complexity index is 477. The van der Waals surface area contributed by atoms with E-state index in [9.17, 15) is 4.79 Å². The molecule has 4 heteroatoms. The SMILES string of the molecule is O=C(O)c1csc(CSc2ccccc2)c1. The van der Waals surface area contributed by atoms with Crippen LogP contribution in [0.3, 0.4) is 0 Å². The van der Waals surface area contributed by atoms with Gasteiger partial charge in [-0.1, -0.05) is 18.2 Å². The van der Waals surface area contributed by atoms with Crippen molar-refractivity contribution in [3.05, 3.63) is 52.2 Å². The number of hydrogen-bond acceptors (Lipinski definition) is 3. The molecular weight excluding hydrogens is 240 g/mol. The number of aromatic carboxylic acids is 1. The number of benzene rings is 1. The lowest BCUT2D eigenvalue weighted by molar-refractivity contribution is 0.0697. The van der Waals surface area contributed by atoms with Crippen LogP contribution in [-0.4, -0.2) is 11.1 Å². The van der Waals surface area contributed by atoms with E-state index in [4.69, 9.17) is 5.11 Å². The van der Waals surface area contributed by atoms with Crippen molar-refractivity contribution in [3.63, 3.8) is 0 Å². The van der Waals surface area contributed by atoms with E-state index in [1.54, 1.807) is 23.2 Å². The molecule has 1 heterocycles. The first-order chi connectivity index (χ1) is 7.75. The Hall–Kier alpha value is -1.26. The van der Waals surface area contributed by atoms with Gasteiger partial charge in [-0.2, -0.15) is 0 Å². The molecule has 0 saturated heterocycles. The minimum Gasteiger partial charge on any atom is -0.478 e. The van der Waals surface area contributed by atoms with Crippen LogP contribution in [-0.2, 0) is 5.75 Å². The Labute approximate surface area is 102 Å². The molecule has 0 radical (unpaired) electrons. The van der Waals surface area contributed by atoms with Crippen molar-refractivity contribution in [1.29, 1.82) is 0 Å². The van der Waals surface area contributed by atoms with Crippen molar-refractivity contribution in [2.75, 3.05) is 0 Å². The third kappa shape index (κ3) is 2.87. The zero-order chi connectivity index (χ0) is 11.4. The number of thiophene rings is 1. The lowest BCUT2D eigenvalue weighted by Crippen LogP contribution is -1.91. The number of rotatable bonds is 4. The topological polar surface area (TPSA) is 37.3 Å². The van der Waals surface area contributed by atoms with Crippen molar-refractivity contribution in [2.45, 2.75) is 10.6 Å². The molecule has 1 aromatic carbocycles. The molecule has 0 bridgehead atoms. The standard InChI is InChI=1S/C12H10O2S2/c13-12(14)9-6-11(15-7-9)8-16-10-4-2-1-3-5-10/h1-7H,8H2,(H,13,14). The van der Waals surface area contributed by atoms with Crippen molar-refractivity contribution in [2.24, 2.45) is 0 Å². The normalized spacial score (nSPS) is 10.2. The summed E-state index contributed by atoms with van der Waals surface area (Å²) in [7, 11) is 0. The fourth-order valence-electron chi connectivity index (χ4n) is 1.24. The first kappa shape index (κ1) is 11.2. The zero-order valence-corrected chi connectivity index (χ0v) is 10.1. The van der Waals surface area contributed by atoms with E-state index in [1.165, 1.54) is 16.2 Å². The van der Waals surface area contributed by atoms with Gasteiger partial charge in [0, 0.05) is 20.9 Å². The molecule has 1 aromatic heterocycles. The second kappa shape index (κ2) is 5.18. The third-order valence-electron chi connectivity index (χ3n) is 2.03. The highest BCUT2D eigenvalue weighted by Crippen LogP contribution is 2.26. The van der Waals surface area contributed by atoms with Crippen LogP contribution in [0.2, 0.25) is 0 Å².